The summed E-state index contributed by atoms with van der Waals surface area (Å²) in [6.45, 7) is 3.82. The third-order valence-electron chi connectivity index (χ3n) is 6.34. The second kappa shape index (κ2) is 8.45. The van der Waals surface area contributed by atoms with Gasteiger partial charge in [0.1, 0.15) is 0 Å². The molecule has 2 aromatic rings. The molecule has 1 saturated heterocycles. The highest BCUT2D eigenvalue weighted by Gasteiger charge is 2.33. The normalized spacial score (nSPS) is 24.0. The molecule has 142 valence electrons. The molecule has 0 unspecified atom stereocenters. The first-order valence-corrected chi connectivity index (χ1v) is 10.5. The van der Waals surface area contributed by atoms with E-state index >= 15 is 0 Å². The van der Waals surface area contributed by atoms with Gasteiger partial charge in [-0.25, -0.2) is 0 Å². The topological polar surface area (TPSA) is 24.8 Å². The van der Waals surface area contributed by atoms with Crippen molar-refractivity contribution in [2.45, 2.75) is 37.6 Å². The second-order valence-electron chi connectivity index (χ2n) is 7.92. The summed E-state index contributed by atoms with van der Waals surface area (Å²) in [6.07, 6.45) is 5.20. The van der Waals surface area contributed by atoms with E-state index in [1.165, 1.54) is 31.2 Å². The standard InChI is InChI=1S/C23H27ClN2O/c24-21-8-4-7-20(17-21)23(27)26-15-13-25(14-16-26)22-11-9-19(10-12-22)18-5-2-1-3-6-18/h1-8,17,19,22H,9-16H2/p+1. The molecular formula is C23H28ClN2O+. The minimum absolute atomic E-state index is 0.115. The predicted octanol–water partition coefficient (Wildman–Crippen LogP) is 3.41. The summed E-state index contributed by atoms with van der Waals surface area (Å²) in [7, 11) is 0. The van der Waals surface area contributed by atoms with Gasteiger partial charge in [-0.05, 0) is 55.4 Å². The van der Waals surface area contributed by atoms with Gasteiger partial charge in [-0.2, -0.15) is 0 Å². The van der Waals surface area contributed by atoms with Crippen molar-refractivity contribution in [3.05, 3.63) is 70.7 Å². The zero-order chi connectivity index (χ0) is 18.6. The van der Waals surface area contributed by atoms with E-state index in [2.05, 4.69) is 30.3 Å². The number of carbonyl (C=O) groups excluding carboxylic acids is 1. The van der Waals surface area contributed by atoms with Crippen molar-refractivity contribution >= 4 is 17.5 Å². The Balaban J connectivity index is 1.28. The number of benzene rings is 2. The average Bonchev–Trinajstić information content (AvgIpc) is 2.74. The molecular weight excluding hydrogens is 356 g/mol. The molecule has 1 aliphatic carbocycles. The number of carbonyl (C=O) groups is 1. The molecule has 3 nitrogen and oxygen atoms in total. The fraction of sp³-hybridized carbons (Fsp3) is 0.435. The summed E-state index contributed by atoms with van der Waals surface area (Å²) in [5.74, 6) is 0.844. The predicted molar refractivity (Wildman–Crippen MR) is 109 cm³/mol. The van der Waals surface area contributed by atoms with Crippen molar-refractivity contribution in [1.82, 2.24) is 4.90 Å². The fourth-order valence-corrected chi connectivity index (χ4v) is 4.96. The van der Waals surface area contributed by atoms with Crippen molar-refractivity contribution in [1.29, 1.82) is 0 Å². The number of piperazine rings is 1. The van der Waals surface area contributed by atoms with Gasteiger partial charge in [-0.1, -0.05) is 48.0 Å². The first-order chi connectivity index (χ1) is 13.2. The molecule has 0 spiro atoms. The van der Waals surface area contributed by atoms with Gasteiger partial charge in [-0.15, -0.1) is 0 Å². The molecule has 4 rings (SSSR count). The molecule has 1 amide bonds. The molecule has 0 radical (unpaired) electrons. The molecule has 1 heterocycles. The smallest absolute Gasteiger partial charge is 0.254 e. The Morgan fingerprint density at radius 1 is 0.926 bits per heavy atom. The van der Waals surface area contributed by atoms with Crippen LogP contribution in [0.2, 0.25) is 5.02 Å². The molecule has 2 aromatic carbocycles. The van der Waals surface area contributed by atoms with Crippen LogP contribution in [-0.4, -0.2) is 43.0 Å². The highest BCUT2D eigenvalue weighted by atomic mass is 35.5. The van der Waals surface area contributed by atoms with E-state index < -0.39 is 0 Å². The summed E-state index contributed by atoms with van der Waals surface area (Å²) >= 11 is 6.03. The van der Waals surface area contributed by atoms with Gasteiger partial charge in [0.2, 0.25) is 0 Å². The van der Waals surface area contributed by atoms with Crippen molar-refractivity contribution in [3.8, 4) is 0 Å². The number of halogens is 1. The second-order valence-corrected chi connectivity index (χ2v) is 8.36. The van der Waals surface area contributed by atoms with E-state index in [1.807, 2.05) is 23.1 Å². The Kier molecular flexibility index (Phi) is 5.80. The van der Waals surface area contributed by atoms with Crippen LogP contribution in [0.5, 0.6) is 0 Å². The van der Waals surface area contributed by atoms with E-state index in [1.54, 1.807) is 11.0 Å². The Hall–Kier alpha value is -1.84. The van der Waals surface area contributed by atoms with Gasteiger partial charge in [0.05, 0.1) is 32.2 Å². The summed E-state index contributed by atoms with van der Waals surface area (Å²) in [4.78, 5) is 16.4. The van der Waals surface area contributed by atoms with Crippen molar-refractivity contribution in [2.24, 2.45) is 0 Å². The van der Waals surface area contributed by atoms with E-state index in [0.29, 0.717) is 10.6 Å². The summed E-state index contributed by atoms with van der Waals surface area (Å²) in [5, 5.41) is 0.625. The lowest BCUT2D eigenvalue weighted by atomic mass is 9.81. The van der Waals surface area contributed by atoms with Crippen LogP contribution in [0.25, 0.3) is 0 Å². The third-order valence-corrected chi connectivity index (χ3v) is 6.58. The zero-order valence-electron chi connectivity index (χ0n) is 15.7. The Labute approximate surface area is 166 Å². The maximum absolute atomic E-state index is 12.7. The lowest BCUT2D eigenvalue weighted by Gasteiger charge is -2.39. The number of rotatable bonds is 3. The first-order valence-electron chi connectivity index (χ1n) is 10.1. The lowest BCUT2D eigenvalue weighted by molar-refractivity contribution is -0.930. The number of nitrogens with one attached hydrogen (secondary N) is 1. The fourth-order valence-electron chi connectivity index (χ4n) is 4.77. The number of hydrogen-bond donors (Lipinski definition) is 1. The SMILES string of the molecule is O=C(c1cccc(Cl)c1)N1CC[NH+](C2CCC(c3ccccc3)CC2)CC1. The maximum Gasteiger partial charge on any atom is 0.254 e. The average molecular weight is 384 g/mol. The molecule has 2 aliphatic rings. The summed E-state index contributed by atoms with van der Waals surface area (Å²) < 4.78 is 0. The zero-order valence-corrected chi connectivity index (χ0v) is 16.5. The Morgan fingerprint density at radius 2 is 1.63 bits per heavy atom. The van der Waals surface area contributed by atoms with Crippen LogP contribution >= 0.6 is 11.6 Å². The third kappa shape index (κ3) is 4.36. The van der Waals surface area contributed by atoms with Crippen LogP contribution in [0, 0.1) is 0 Å². The van der Waals surface area contributed by atoms with Crippen molar-refractivity contribution in [3.63, 3.8) is 0 Å². The van der Waals surface area contributed by atoms with E-state index in [4.69, 9.17) is 11.6 Å². The van der Waals surface area contributed by atoms with Crippen LogP contribution < -0.4 is 4.90 Å². The van der Waals surface area contributed by atoms with Gasteiger partial charge in [-0.3, -0.25) is 4.79 Å². The van der Waals surface area contributed by atoms with E-state index in [0.717, 1.165) is 38.1 Å². The molecule has 0 atom stereocenters. The van der Waals surface area contributed by atoms with Crippen LogP contribution in [0.3, 0.4) is 0 Å². The van der Waals surface area contributed by atoms with Crippen LogP contribution in [0.15, 0.2) is 54.6 Å². The molecule has 4 heteroatoms. The Morgan fingerprint density at radius 3 is 2.30 bits per heavy atom. The van der Waals surface area contributed by atoms with E-state index in [9.17, 15) is 4.79 Å². The van der Waals surface area contributed by atoms with Gasteiger partial charge in [0, 0.05) is 10.6 Å². The highest BCUT2D eigenvalue weighted by molar-refractivity contribution is 6.30. The number of quaternary nitrogens is 1. The first kappa shape index (κ1) is 18.5. The molecule has 0 bridgehead atoms. The molecule has 27 heavy (non-hydrogen) atoms. The molecule has 2 fully saturated rings. The van der Waals surface area contributed by atoms with Crippen molar-refractivity contribution < 1.29 is 9.69 Å². The molecule has 1 saturated carbocycles. The lowest BCUT2D eigenvalue weighted by Crippen LogP contribution is -3.18. The van der Waals surface area contributed by atoms with Gasteiger partial charge >= 0.3 is 0 Å². The van der Waals surface area contributed by atoms with Crippen LogP contribution in [0.4, 0.5) is 0 Å². The Bertz CT molecular complexity index is 763. The monoisotopic (exact) mass is 383 g/mol. The van der Waals surface area contributed by atoms with Crippen LogP contribution in [0.1, 0.15) is 47.5 Å². The summed E-state index contributed by atoms with van der Waals surface area (Å²) in [6, 6.07) is 19.0. The van der Waals surface area contributed by atoms with Crippen molar-refractivity contribution in [2.75, 3.05) is 26.2 Å². The quantitative estimate of drug-likeness (QED) is 0.863. The number of hydrogen-bond acceptors (Lipinski definition) is 1. The van der Waals surface area contributed by atoms with Crippen LogP contribution in [-0.2, 0) is 0 Å². The van der Waals surface area contributed by atoms with Gasteiger partial charge < -0.3 is 9.80 Å². The summed E-state index contributed by atoms with van der Waals surface area (Å²) in [5.41, 5.74) is 2.21. The minimum atomic E-state index is 0.115. The molecule has 0 aromatic heterocycles. The minimum Gasteiger partial charge on any atom is -0.330 e. The highest BCUT2D eigenvalue weighted by Crippen LogP contribution is 2.32. The number of amides is 1. The van der Waals surface area contributed by atoms with Gasteiger partial charge in [0.25, 0.3) is 5.91 Å². The molecule has 1 N–H and O–H groups in total. The number of nitrogens with zero attached hydrogens (tertiary/aromatic N) is 1. The molecule has 1 aliphatic heterocycles. The largest absolute Gasteiger partial charge is 0.330 e. The maximum atomic E-state index is 12.7. The van der Waals surface area contributed by atoms with Gasteiger partial charge in [0.15, 0.2) is 0 Å². The van der Waals surface area contributed by atoms with E-state index in [-0.39, 0.29) is 5.91 Å².